The first-order valence-electron chi connectivity index (χ1n) is 9.75. The van der Waals surface area contributed by atoms with Crippen molar-refractivity contribution in [3.63, 3.8) is 0 Å². The summed E-state index contributed by atoms with van der Waals surface area (Å²) in [6.07, 6.45) is 3.92. The molecule has 3 fully saturated rings. The van der Waals surface area contributed by atoms with Crippen LogP contribution in [0.1, 0.15) is 28.8 Å². The number of piperidine rings is 3. The van der Waals surface area contributed by atoms with Crippen LogP contribution in [0.3, 0.4) is 0 Å². The molecule has 7 heteroatoms. The molecule has 1 aromatic heterocycles. The number of carbonyl (C=O) groups is 1. The molecule has 5 heterocycles. The highest BCUT2D eigenvalue weighted by Crippen LogP contribution is 2.33. The van der Waals surface area contributed by atoms with Crippen molar-refractivity contribution in [1.29, 1.82) is 0 Å². The normalized spacial score (nSPS) is 25.0. The van der Waals surface area contributed by atoms with E-state index in [-0.39, 0.29) is 29.9 Å². The fraction of sp³-hybridized carbons (Fsp3) is 0.429. The van der Waals surface area contributed by atoms with Crippen LogP contribution in [-0.2, 0) is 0 Å². The number of pyridine rings is 1. The third kappa shape index (κ3) is 2.86. The van der Waals surface area contributed by atoms with Gasteiger partial charge in [-0.3, -0.25) is 14.2 Å². The maximum atomic E-state index is 13.2. The molecule has 0 radical (unpaired) electrons. The first kappa shape index (κ1) is 17.3. The van der Waals surface area contributed by atoms with Gasteiger partial charge in [-0.1, -0.05) is 0 Å². The Morgan fingerprint density at radius 1 is 1.14 bits per heavy atom. The van der Waals surface area contributed by atoms with Gasteiger partial charge in [-0.2, -0.15) is 0 Å². The molecule has 3 saturated heterocycles. The van der Waals surface area contributed by atoms with Gasteiger partial charge in [-0.15, -0.1) is 0 Å². The highest BCUT2D eigenvalue weighted by atomic mass is 16.7. The second-order valence-corrected chi connectivity index (χ2v) is 7.80. The van der Waals surface area contributed by atoms with Gasteiger partial charge in [-0.05, 0) is 62.5 Å². The van der Waals surface area contributed by atoms with Crippen molar-refractivity contribution in [2.45, 2.75) is 25.8 Å². The zero-order chi connectivity index (χ0) is 19.3. The number of nitrogens with zero attached hydrogens (tertiary/aromatic N) is 2. The Hall–Kier alpha value is -2.80. The number of ether oxygens (including phenoxy) is 2. The number of rotatable bonds is 3. The number of aromatic nitrogens is 1. The number of hydrogen-bond donors (Lipinski definition) is 1. The molecule has 1 N–H and O–H groups in total. The van der Waals surface area contributed by atoms with E-state index in [0.717, 1.165) is 32.5 Å². The molecular formula is C21H23N3O4. The van der Waals surface area contributed by atoms with Gasteiger partial charge in [0, 0.05) is 24.8 Å². The lowest BCUT2D eigenvalue weighted by Gasteiger charge is -2.44. The van der Waals surface area contributed by atoms with Gasteiger partial charge in [0.25, 0.3) is 11.5 Å². The van der Waals surface area contributed by atoms with Crippen LogP contribution in [0.15, 0.2) is 35.3 Å². The number of aryl methyl sites for hydroxylation is 1. The third-order valence-electron chi connectivity index (χ3n) is 6.13. The molecule has 4 aliphatic heterocycles. The van der Waals surface area contributed by atoms with Crippen molar-refractivity contribution in [1.82, 2.24) is 14.8 Å². The van der Waals surface area contributed by atoms with Gasteiger partial charge >= 0.3 is 0 Å². The van der Waals surface area contributed by atoms with Crippen molar-refractivity contribution in [3.8, 4) is 17.2 Å². The summed E-state index contributed by atoms with van der Waals surface area (Å²) in [7, 11) is 0. The average Bonchev–Trinajstić information content (AvgIpc) is 3.17. The van der Waals surface area contributed by atoms with Gasteiger partial charge in [0.2, 0.25) is 6.79 Å². The Morgan fingerprint density at radius 2 is 1.93 bits per heavy atom. The van der Waals surface area contributed by atoms with Crippen LogP contribution in [0, 0.1) is 12.8 Å². The molecule has 1 aromatic carbocycles. The minimum atomic E-state index is -0.322. The monoisotopic (exact) mass is 381 g/mol. The van der Waals surface area contributed by atoms with Crippen LogP contribution in [0.25, 0.3) is 5.69 Å². The summed E-state index contributed by atoms with van der Waals surface area (Å²) in [4.78, 5) is 28.5. The van der Waals surface area contributed by atoms with E-state index in [9.17, 15) is 9.59 Å². The van der Waals surface area contributed by atoms with E-state index in [0.29, 0.717) is 28.7 Å². The maximum Gasteiger partial charge on any atom is 0.268 e. The largest absolute Gasteiger partial charge is 0.454 e. The topological polar surface area (TPSA) is 72.8 Å². The molecule has 1 atom stereocenters. The van der Waals surface area contributed by atoms with E-state index in [1.54, 1.807) is 37.4 Å². The minimum Gasteiger partial charge on any atom is -0.454 e. The van der Waals surface area contributed by atoms with Crippen LogP contribution >= 0.6 is 0 Å². The summed E-state index contributed by atoms with van der Waals surface area (Å²) in [6, 6.07) is 7.25. The van der Waals surface area contributed by atoms with Crippen LogP contribution in [-0.4, -0.2) is 47.8 Å². The van der Waals surface area contributed by atoms with Crippen LogP contribution < -0.4 is 20.3 Å². The Balaban J connectivity index is 1.46. The number of amides is 1. The van der Waals surface area contributed by atoms with Crippen LogP contribution in [0.2, 0.25) is 0 Å². The van der Waals surface area contributed by atoms with Gasteiger partial charge in [0.1, 0.15) is 5.56 Å². The molecule has 6 rings (SSSR count). The summed E-state index contributed by atoms with van der Waals surface area (Å²) in [5.74, 6) is 1.48. The summed E-state index contributed by atoms with van der Waals surface area (Å²) in [5, 5.41) is 3.13. The Labute approximate surface area is 162 Å². The lowest BCUT2D eigenvalue weighted by Crippen LogP contribution is -2.57. The lowest BCUT2D eigenvalue weighted by molar-refractivity contribution is 0.0619. The SMILES string of the molecule is Cc1ccn(-c2ccc3c(c2)OCO3)c(=O)c1C(=O)NC1CN2CCC1CC2. The number of nitrogens with one attached hydrogen (secondary N) is 1. The fourth-order valence-corrected chi connectivity index (χ4v) is 4.51. The predicted molar refractivity (Wildman–Crippen MR) is 103 cm³/mol. The van der Waals surface area contributed by atoms with E-state index in [2.05, 4.69) is 10.2 Å². The third-order valence-corrected chi connectivity index (χ3v) is 6.13. The van der Waals surface area contributed by atoms with Gasteiger partial charge < -0.3 is 19.7 Å². The van der Waals surface area contributed by atoms with Crippen LogP contribution in [0.4, 0.5) is 0 Å². The Morgan fingerprint density at radius 3 is 2.68 bits per heavy atom. The molecule has 0 spiro atoms. The van der Waals surface area contributed by atoms with Crippen molar-refractivity contribution >= 4 is 5.91 Å². The maximum absolute atomic E-state index is 13.2. The predicted octanol–water partition coefficient (Wildman–Crippen LogP) is 1.70. The van der Waals surface area contributed by atoms with E-state index in [1.807, 2.05) is 0 Å². The first-order chi connectivity index (χ1) is 13.6. The quantitative estimate of drug-likeness (QED) is 0.876. The number of fused-ring (bicyclic) bond motifs is 4. The standard InChI is InChI=1S/C21H23N3O4/c1-13-4-9-24(15-2-3-17-18(10-15)28-12-27-17)21(26)19(13)20(25)22-16-11-23-7-5-14(16)6-8-23/h2-4,9-10,14,16H,5-8,11-12H2,1H3,(H,22,25). The average molecular weight is 381 g/mol. The fourth-order valence-electron chi connectivity index (χ4n) is 4.51. The summed E-state index contributed by atoms with van der Waals surface area (Å²) >= 11 is 0. The lowest BCUT2D eigenvalue weighted by atomic mass is 9.84. The van der Waals surface area contributed by atoms with Gasteiger partial charge in [-0.25, -0.2) is 0 Å². The highest BCUT2D eigenvalue weighted by Gasteiger charge is 2.35. The molecule has 0 aliphatic carbocycles. The molecule has 0 saturated carbocycles. The molecule has 1 unspecified atom stereocenters. The second kappa shape index (κ2) is 6.67. The van der Waals surface area contributed by atoms with Crippen molar-refractivity contribution in [2.24, 2.45) is 5.92 Å². The van der Waals surface area contributed by atoms with E-state index >= 15 is 0 Å². The van der Waals surface area contributed by atoms with Crippen LogP contribution in [0.5, 0.6) is 11.5 Å². The zero-order valence-corrected chi connectivity index (χ0v) is 15.8. The zero-order valence-electron chi connectivity index (χ0n) is 15.8. The Kier molecular flexibility index (Phi) is 4.12. The van der Waals surface area contributed by atoms with E-state index < -0.39 is 0 Å². The number of benzene rings is 1. The summed E-state index contributed by atoms with van der Waals surface area (Å²) < 4.78 is 12.2. The van der Waals surface area contributed by atoms with Gasteiger partial charge in [0.05, 0.1) is 5.69 Å². The molecular weight excluding hydrogens is 358 g/mol. The molecule has 4 aliphatic rings. The molecule has 7 nitrogen and oxygen atoms in total. The van der Waals surface area contributed by atoms with Crippen molar-refractivity contribution in [3.05, 3.63) is 51.9 Å². The number of hydrogen-bond acceptors (Lipinski definition) is 5. The van der Waals surface area contributed by atoms with Crippen molar-refractivity contribution in [2.75, 3.05) is 26.4 Å². The summed E-state index contributed by atoms with van der Waals surface area (Å²) in [6.45, 7) is 5.07. The highest BCUT2D eigenvalue weighted by molar-refractivity contribution is 5.95. The molecule has 2 aromatic rings. The van der Waals surface area contributed by atoms with E-state index in [4.69, 9.17) is 9.47 Å². The first-order valence-corrected chi connectivity index (χ1v) is 9.75. The van der Waals surface area contributed by atoms with E-state index in [1.165, 1.54) is 4.57 Å². The smallest absolute Gasteiger partial charge is 0.268 e. The van der Waals surface area contributed by atoms with Gasteiger partial charge in [0.15, 0.2) is 11.5 Å². The Bertz CT molecular complexity index is 992. The number of carbonyl (C=O) groups excluding carboxylic acids is 1. The molecule has 1 amide bonds. The molecule has 146 valence electrons. The van der Waals surface area contributed by atoms with Crippen molar-refractivity contribution < 1.29 is 14.3 Å². The minimum absolute atomic E-state index is 0.119. The second-order valence-electron chi connectivity index (χ2n) is 7.80. The molecule has 28 heavy (non-hydrogen) atoms. The summed E-state index contributed by atoms with van der Waals surface area (Å²) in [5.41, 5.74) is 1.21. The molecule has 2 bridgehead atoms.